The van der Waals surface area contributed by atoms with E-state index in [2.05, 4.69) is 19.2 Å². The predicted molar refractivity (Wildman–Crippen MR) is 268 cm³/mol. The maximum atomic E-state index is 12.8. The lowest BCUT2D eigenvalue weighted by Gasteiger charge is -2.25. The third-order valence-electron chi connectivity index (χ3n) is 12.5. The molecule has 0 aliphatic heterocycles. The number of phosphoric ester groups is 1. The Morgan fingerprint density at radius 3 is 1.18 bits per heavy atom. The van der Waals surface area contributed by atoms with Crippen LogP contribution in [0, 0.1) is 0 Å². The van der Waals surface area contributed by atoms with Crippen molar-refractivity contribution >= 4 is 13.7 Å². The number of amides is 1. The maximum absolute atomic E-state index is 12.8. The van der Waals surface area contributed by atoms with E-state index >= 15 is 0 Å². The molecule has 0 aliphatic carbocycles. The van der Waals surface area contributed by atoms with Crippen LogP contribution in [0.3, 0.4) is 0 Å². The van der Waals surface area contributed by atoms with E-state index in [9.17, 15) is 19.4 Å². The minimum Gasteiger partial charge on any atom is -0.387 e. The molecule has 0 saturated heterocycles. The molecule has 0 fully saturated rings. The van der Waals surface area contributed by atoms with Crippen molar-refractivity contribution in [3.05, 3.63) is 12.2 Å². The highest BCUT2D eigenvalue weighted by atomic mass is 31.2. The second-order valence-corrected chi connectivity index (χ2v) is 21.4. The van der Waals surface area contributed by atoms with Crippen LogP contribution < -0.4 is 5.32 Å². The number of likely N-dealkylation sites (N-methyl/N-ethyl adjacent to an activating group) is 1. The Kier molecular flexibility index (Phi) is 44.8. The first-order chi connectivity index (χ1) is 30.0. The second kappa shape index (κ2) is 45.4. The summed E-state index contributed by atoms with van der Waals surface area (Å²) in [6, 6.07) is -0.837. The smallest absolute Gasteiger partial charge is 0.387 e. The molecule has 3 atom stereocenters. The first-order valence-corrected chi connectivity index (χ1v) is 28.6. The number of nitrogens with zero attached hydrogens (tertiary/aromatic N) is 1. The molecule has 1 amide bonds. The Balaban J connectivity index is 3.63. The van der Waals surface area contributed by atoms with Crippen LogP contribution in [0.2, 0.25) is 0 Å². The highest BCUT2D eigenvalue weighted by Gasteiger charge is 2.27. The van der Waals surface area contributed by atoms with E-state index in [1.807, 2.05) is 27.2 Å². The van der Waals surface area contributed by atoms with Gasteiger partial charge in [0.2, 0.25) is 5.91 Å². The molecule has 9 heteroatoms. The van der Waals surface area contributed by atoms with E-state index in [4.69, 9.17) is 9.05 Å². The Morgan fingerprint density at radius 1 is 0.532 bits per heavy atom. The molecule has 0 saturated carbocycles. The number of allylic oxidation sites excluding steroid dienone is 1. The zero-order valence-corrected chi connectivity index (χ0v) is 43.0. The van der Waals surface area contributed by atoms with Gasteiger partial charge in [0, 0.05) is 6.42 Å². The summed E-state index contributed by atoms with van der Waals surface area (Å²) in [7, 11) is 1.58. The average molecular weight is 900 g/mol. The van der Waals surface area contributed by atoms with Gasteiger partial charge in [-0.25, -0.2) is 4.57 Å². The molecular formula is C53H108N2O6P+. The van der Waals surface area contributed by atoms with Gasteiger partial charge in [0.25, 0.3) is 0 Å². The Hall–Kier alpha value is -0.760. The quantitative estimate of drug-likeness (QED) is 0.0243. The number of hydrogen-bond donors (Lipinski definition) is 3. The van der Waals surface area contributed by atoms with Crippen LogP contribution in [0.5, 0.6) is 0 Å². The van der Waals surface area contributed by atoms with E-state index in [1.165, 1.54) is 212 Å². The average Bonchev–Trinajstić information content (AvgIpc) is 3.23. The van der Waals surface area contributed by atoms with Gasteiger partial charge in [0.05, 0.1) is 39.9 Å². The molecule has 0 aromatic carbocycles. The number of aliphatic hydroxyl groups is 1. The SMILES string of the molecule is CCCC/C=C/C(O)C(COP(=O)(O)OCC[N+](C)(C)C)NC(=O)CCCCCCCCCCCCCCCCCCCCCCCCCCCCCCCCCCCCCC. The molecular weight excluding hydrogens is 792 g/mol. The molecule has 370 valence electrons. The Labute approximate surface area is 386 Å². The lowest BCUT2D eigenvalue weighted by atomic mass is 10.0. The van der Waals surface area contributed by atoms with E-state index in [0.29, 0.717) is 17.4 Å². The number of nitrogens with one attached hydrogen (secondary N) is 1. The van der Waals surface area contributed by atoms with Crippen LogP contribution in [-0.2, 0) is 18.4 Å². The molecule has 0 aliphatic rings. The fraction of sp³-hybridized carbons (Fsp3) is 0.943. The van der Waals surface area contributed by atoms with Crippen molar-refractivity contribution in [3.63, 3.8) is 0 Å². The third-order valence-corrected chi connectivity index (χ3v) is 13.5. The maximum Gasteiger partial charge on any atom is 0.472 e. The summed E-state index contributed by atoms with van der Waals surface area (Å²) in [5.74, 6) is -0.181. The molecule has 0 rings (SSSR count). The summed E-state index contributed by atoms with van der Waals surface area (Å²) in [6.45, 7) is 4.69. The highest BCUT2D eigenvalue weighted by Crippen LogP contribution is 2.43. The summed E-state index contributed by atoms with van der Waals surface area (Å²) in [4.78, 5) is 22.9. The van der Waals surface area contributed by atoms with Gasteiger partial charge in [-0.3, -0.25) is 13.8 Å². The van der Waals surface area contributed by atoms with Gasteiger partial charge in [0.1, 0.15) is 13.2 Å². The van der Waals surface area contributed by atoms with Crippen molar-refractivity contribution in [3.8, 4) is 0 Å². The summed E-state index contributed by atoms with van der Waals surface area (Å²) < 4.78 is 23.3. The molecule has 8 nitrogen and oxygen atoms in total. The van der Waals surface area contributed by atoms with Gasteiger partial charge in [-0.05, 0) is 12.8 Å². The number of quaternary nitrogens is 1. The predicted octanol–water partition coefficient (Wildman–Crippen LogP) is 15.9. The Morgan fingerprint density at radius 2 is 0.855 bits per heavy atom. The first kappa shape index (κ1) is 61.2. The molecule has 3 N–H and O–H groups in total. The number of carbonyl (C=O) groups is 1. The molecule has 0 radical (unpaired) electrons. The molecule has 0 bridgehead atoms. The van der Waals surface area contributed by atoms with Gasteiger partial charge in [-0.15, -0.1) is 0 Å². The second-order valence-electron chi connectivity index (χ2n) is 20.0. The van der Waals surface area contributed by atoms with E-state index < -0.39 is 20.0 Å². The van der Waals surface area contributed by atoms with Crippen LogP contribution in [0.1, 0.15) is 271 Å². The fourth-order valence-corrected chi connectivity index (χ4v) is 8.94. The van der Waals surface area contributed by atoms with Gasteiger partial charge in [-0.2, -0.15) is 0 Å². The fourth-order valence-electron chi connectivity index (χ4n) is 8.21. The molecule has 62 heavy (non-hydrogen) atoms. The van der Waals surface area contributed by atoms with Crippen LogP contribution in [0.25, 0.3) is 0 Å². The van der Waals surface area contributed by atoms with Gasteiger partial charge in [0.15, 0.2) is 0 Å². The number of aliphatic hydroxyl groups excluding tert-OH is 1. The van der Waals surface area contributed by atoms with Crippen LogP contribution in [0.4, 0.5) is 0 Å². The monoisotopic (exact) mass is 900 g/mol. The van der Waals surface area contributed by atoms with E-state index in [0.717, 1.165) is 38.5 Å². The minimum absolute atomic E-state index is 0.0630. The first-order valence-electron chi connectivity index (χ1n) is 27.1. The standard InChI is InChI=1S/C53H107N2O6P/c1-6-8-10-12-13-14-15-16-17-18-19-20-21-22-23-24-25-26-27-28-29-30-31-32-33-34-35-36-37-38-39-40-41-42-43-45-47-53(57)54-51(52(56)46-44-11-9-7-2)50-61-62(58,59)60-49-48-55(3,4)5/h44,46,51-52,56H,6-43,45,47-50H2,1-5H3,(H-,54,57,58,59)/p+1/b46-44+. The van der Waals surface area contributed by atoms with Crippen molar-refractivity contribution in [2.45, 2.75) is 283 Å². The third kappa shape index (κ3) is 47.2. The minimum atomic E-state index is -4.32. The summed E-state index contributed by atoms with van der Waals surface area (Å²) in [5, 5.41) is 13.6. The summed E-state index contributed by atoms with van der Waals surface area (Å²) in [5.41, 5.74) is 0. The van der Waals surface area contributed by atoms with Crippen LogP contribution in [-0.4, -0.2) is 73.4 Å². The van der Waals surface area contributed by atoms with Crippen LogP contribution in [0.15, 0.2) is 12.2 Å². The molecule has 3 unspecified atom stereocenters. The number of rotatable bonds is 50. The summed E-state index contributed by atoms with van der Waals surface area (Å²) in [6.07, 6.45) is 55.6. The molecule has 0 aromatic rings. The highest BCUT2D eigenvalue weighted by molar-refractivity contribution is 7.47. The van der Waals surface area contributed by atoms with Crippen molar-refractivity contribution in [2.24, 2.45) is 0 Å². The van der Waals surface area contributed by atoms with Gasteiger partial charge >= 0.3 is 7.82 Å². The molecule has 0 spiro atoms. The normalized spacial score (nSPS) is 14.1. The van der Waals surface area contributed by atoms with E-state index in [1.54, 1.807) is 6.08 Å². The lowest BCUT2D eigenvalue weighted by molar-refractivity contribution is -0.870. The molecule has 0 aromatic heterocycles. The van der Waals surface area contributed by atoms with Crippen molar-refractivity contribution < 1.29 is 32.9 Å². The zero-order valence-electron chi connectivity index (χ0n) is 42.1. The molecule has 0 heterocycles. The number of carbonyl (C=O) groups excluding carboxylic acids is 1. The van der Waals surface area contributed by atoms with Crippen molar-refractivity contribution in [1.82, 2.24) is 5.32 Å². The topological polar surface area (TPSA) is 105 Å². The largest absolute Gasteiger partial charge is 0.472 e. The van der Waals surface area contributed by atoms with Crippen molar-refractivity contribution in [1.29, 1.82) is 0 Å². The van der Waals surface area contributed by atoms with Gasteiger partial charge in [-0.1, -0.05) is 264 Å². The number of hydrogen-bond acceptors (Lipinski definition) is 5. The lowest BCUT2D eigenvalue weighted by Crippen LogP contribution is -2.45. The number of phosphoric acid groups is 1. The zero-order chi connectivity index (χ0) is 45.7. The van der Waals surface area contributed by atoms with Gasteiger partial charge < -0.3 is 19.8 Å². The summed E-state index contributed by atoms with van der Waals surface area (Å²) >= 11 is 0. The Bertz CT molecular complexity index is 1020. The van der Waals surface area contributed by atoms with Crippen LogP contribution >= 0.6 is 7.82 Å². The number of unbranched alkanes of at least 4 members (excludes halogenated alkanes) is 37. The van der Waals surface area contributed by atoms with E-state index in [-0.39, 0.29) is 19.1 Å². The van der Waals surface area contributed by atoms with Crippen molar-refractivity contribution in [2.75, 3.05) is 40.9 Å².